The molecule has 4 aromatic rings. The highest BCUT2D eigenvalue weighted by atomic mass is 16.6. The molecule has 4 aromatic carbocycles. The molecule has 2 aliphatic heterocycles. The number of aliphatic hydroxyl groups is 1. The Morgan fingerprint density at radius 1 is 0.625 bits per heavy atom. The first-order chi connectivity index (χ1) is 23.1. The fourth-order valence-corrected chi connectivity index (χ4v) is 5.20. The third-order valence-electron chi connectivity index (χ3n) is 8.91. The summed E-state index contributed by atoms with van der Waals surface area (Å²) in [6, 6.07) is 32.8. The van der Waals surface area contributed by atoms with Crippen LogP contribution in [0, 0.1) is 0 Å². The van der Waals surface area contributed by atoms with Crippen molar-refractivity contribution in [1.29, 1.82) is 0 Å². The van der Waals surface area contributed by atoms with Crippen LogP contribution in [0.1, 0.15) is 49.9 Å². The zero-order valence-electron chi connectivity index (χ0n) is 28.7. The lowest BCUT2D eigenvalue weighted by atomic mass is 9.78. The van der Waals surface area contributed by atoms with Crippen LogP contribution >= 0.6 is 0 Å². The average Bonchev–Trinajstić information content (AvgIpc) is 4.06. The van der Waals surface area contributed by atoms with E-state index in [0.29, 0.717) is 13.2 Å². The number of epoxide rings is 2. The maximum Gasteiger partial charge on any atom is 0.119 e. The lowest BCUT2D eigenvalue weighted by molar-refractivity contribution is 0.145. The van der Waals surface area contributed by atoms with Crippen molar-refractivity contribution in [1.82, 2.24) is 0 Å². The van der Waals surface area contributed by atoms with Crippen molar-refractivity contribution in [3.63, 3.8) is 0 Å². The highest BCUT2D eigenvalue weighted by Gasteiger charge is 2.26. The fraction of sp³-hybridized carbons (Fsp3) is 0.366. The first kappa shape index (κ1) is 35.0. The van der Waals surface area contributed by atoms with E-state index >= 15 is 0 Å². The zero-order valence-corrected chi connectivity index (χ0v) is 28.7. The van der Waals surface area contributed by atoms with Crippen molar-refractivity contribution >= 4 is 0 Å². The summed E-state index contributed by atoms with van der Waals surface area (Å²) in [7, 11) is 1.69. The van der Waals surface area contributed by atoms with Gasteiger partial charge in [-0.1, -0.05) is 82.3 Å². The summed E-state index contributed by atoms with van der Waals surface area (Å²) in [5, 5.41) is 9.49. The average molecular weight is 653 g/mol. The van der Waals surface area contributed by atoms with E-state index in [4.69, 9.17) is 28.4 Å². The van der Waals surface area contributed by atoms with Crippen LogP contribution in [0.25, 0.3) is 0 Å². The Hall–Kier alpha value is -4.30. The van der Waals surface area contributed by atoms with E-state index in [1.165, 1.54) is 28.3 Å². The molecule has 0 saturated carbocycles. The molecular formula is C41H48O7. The van der Waals surface area contributed by atoms with Crippen LogP contribution in [0.3, 0.4) is 0 Å². The van der Waals surface area contributed by atoms with Crippen LogP contribution in [0.2, 0.25) is 0 Å². The molecule has 48 heavy (non-hydrogen) atoms. The van der Waals surface area contributed by atoms with E-state index in [1.807, 2.05) is 48.5 Å². The van der Waals surface area contributed by atoms with E-state index in [2.05, 4.69) is 82.8 Å². The van der Waals surface area contributed by atoms with Crippen LogP contribution in [-0.2, 0) is 20.3 Å². The van der Waals surface area contributed by atoms with Gasteiger partial charge in [0.1, 0.15) is 61.1 Å². The molecule has 3 atom stereocenters. The summed E-state index contributed by atoms with van der Waals surface area (Å²) in [6.45, 7) is 15.5. The predicted octanol–water partition coefficient (Wildman–Crippen LogP) is 7.51. The van der Waals surface area contributed by atoms with Crippen molar-refractivity contribution in [3.05, 3.63) is 132 Å². The van der Waals surface area contributed by atoms with Crippen molar-refractivity contribution < 1.29 is 33.5 Å². The van der Waals surface area contributed by atoms with Crippen molar-refractivity contribution in [3.8, 4) is 23.0 Å². The number of hydrogen-bond donors (Lipinski definition) is 1. The minimum absolute atomic E-state index is 0.0651. The molecule has 7 heteroatoms. The molecule has 2 saturated heterocycles. The van der Waals surface area contributed by atoms with Crippen LogP contribution in [-0.4, -0.2) is 63.6 Å². The molecule has 6 rings (SSSR count). The maximum absolute atomic E-state index is 9.49. The highest BCUT2D eigenvalue weighted by molar-refractivity contribution is 5.43. The van der Waals surface area contributed by atoms with Crippen LogP contribution in [0.5, 0.6) is 23.0 Å². The number of rotatable bonds is 15. The van der Waals surface area contributed by atoms with Gasteiger partial charge in [0.25, 0.3) is 0 Å². The van der Waals surface area contributed by atoms with E-state index in [0.717, 1.165) is 36.2 Å². The molecule has 1 N–H and O–H groups in total. The van der Waals surface area contributed by atoms with Gasteiger partial charge in [0.2, 0.25) is 0 Å². The Morgan fingerprint density at radius 2 is 0.938 bits per heavy atom. The second-order valence-corrected chi connectivity index (χ2v) is 13.2. The standard InChI is InChI=1S/C22H26O4.C19H22O3/c1-4-18(23)13-24-19-9-5-16(6-10-19)22(2,3)17-7-11-20(12-8-17)25-14-21-15-26-21;1-19(2,14-4-8-16(20-3)9-5-14)15-6-10-17(11-7-15)21-12-18-13-22-18/h4-12,18,21,23H,1,13-15H2,2-3H3;4-11,18H,12-13H2,1-3H3. The minimum Gasteiger partial charge on any atom is -0.497 e. The molecule has 7 nitrogen and oxygen atoms in total. The van der Waals surface area contributed by atoms with E-state index in [-0.39, 0.29) is 29.6 Å². The highest BCUT2D eigenvalue weighted by Crippen LogP contribution is 2.35. The molecule has 0 aromatic heterocycles. The molecule has 2 heterocycles. The van der Waals surface area contributed by atoms with Gasteiger partial charge in [0, 0.05) is 10.8 Å². The molecule has 0 spiro atoms. The number of aliphatic hydroxyl groups excluding tert-OH is 1. The smallest absolute Gasteiger partial charge is 0.119 e. The molecule has 0 radical (unpaired) electrons. The Bertz CT molecular complexity index is 1570. The predicted molar refractivity (Wildman–Crippen MR) is 189 cm³/mol. The third kappa shape index (κ3) is 9.63. The molecule has 2 aliphatic rings. The first-order valence-corrected chi connectivity index (χ1v) is 16.5. The van der Waals surface area contributed by atoms with Crippen LogP contribution < -0.4 is 18.9 Å². The van der Waals surface area contributed by atoms with Crippen LogP contribution in [0.4, 0.5) is 0 Å². The molecule has 254 valence electrons. The van der Waals surface area contributed by atoms with E-state index in [9.17, 15) is 5.11 Å². The largest absolute Gasteiger partial charge is 0.497 e. The molecule has 2 fully saturated rings. The second kappa shape index (κ2) is 15.7. The van der Waals surface area contributed by atoms with Crippen molar-refractivity contribution in [2.45, 2.75) is 56.8 Å². The topological polar surface area (TPSA) is 82.2 Å². The van der Waals surface area contributed by atoms with Gasteiger partial charge in [-0.25, -0.2) is 0 Å². The van der Waals surface area contributed by atoms with Gasteiger partial charge in [0.15, 0.2) is 0 Å². The minimum atomic E-state index is -0.654. The van der Waals surface area contributed by atoms with E-state index < -0.39 is 6.10 Å². The van der Waals surface area contributed by atoms with Gasteiger partial charge in [-0.2, -0.15) is 0 Å². The van der Waals surface area contributed by atoms with E-state index in [1.54, 1.807) is 7.11 Å². The maximum atomic E-state index is 9.49. The van der Waals surface area contributed by atoms with Gasteiger partial charge in [0.05, 0.1) is 20.3 Å². The van der Waals surface area contributed by atoms with Gasteiger partial charge in [-0.3, -0.25) is 0 Å². The van der Waals surface area contributed by atoms with Crippen molar-refractivity contribution in [2.75, 3.05) is 40.1 Å². The lowest BCUT2D eigenvalue weighted by Crippen LogP contribution is -2.19. The molecule has 0 bridgehead atoms. The number of hydrogen-bond acceptors (Lipinski definition) is 7. The van der Waals surface area contributed by atoms with Gasteiger partial charge in [-0.05, 0) is 70.8 Å². The summed E-state index contributed by atoms with van der Waals surface area (Å²) < 4.78 is 32.5. The fourth-order valence-electron chi connectivity index (χ4n) is 5.20. The molecule has 3 unspecified atom stereocenters. The van der Waals surface area contributed by atoms with Gasteiger partial charge < -0.3 is 33.5 Å². The Labute approximate surface area is 285 Å². The summed E-state index contributed by atoms with van der Waals surface area (Å²) in [4.78, 5) is 0. The second-order valence-electron chi connectivity index (χ2n) is 13.2. The Balaban J connectivity index is 0.000000190. The summed E-state index contributed by atoms with van der Waals surface area (Å²) in [5.41, 5.74) is 4.71. The van der Waals surface area contributed by atoms with Crippen LogP contribution in [0.15, 0.2) is 110 Å². The van der Waals surface area contributed by atoms with Gasteiger partial charge >= 0.3 is 0 Å². The number of benzene rings is 4. The monoisotopic (exact) mass is 652 g/mol. The Morgan fingerprint density at radius 3 is 1.23 bits per heavy atom. The Kier molecular flexibility index (Phi) is 11.5. The number of ether oxygens (including phenoxy) is 6. The van der Waals surface area contributed by atoms with Crippen molar-refractivity contribution in [2.24, 2.45) is 0 Å². The lowest BCUT2D eigenvalue weighted by Gasteiger charge is -2.26. The third-order valence-corrected chi connectivity index (χ3v) is 8.91. The number of methoxy groups -OCH3 is 1. The molecular weight excluding hydrogens is 604 g/mol. The molecule has 0 amide bonds. The normalized spacial score (nSPS) is 17.3. The summed E-state index contributed by atoms with van der Waals surface area (Å²) in [6.07, 6.45) is 1.36. The SMILES string of the molecule is C=CC(O)COc1ccc(C(C)(C)c2ccc(OCC3CO3)cc2)cc1.COc1ccc(C(C)(C)c2ccc(OCC3CO3)cc2)cc1. The molecule has 0 aliphatic carbocycles. The quantitative estimate of drug-likeness (QED) is 0.105. The first-order valence-electron chi connectivity index (χ1n) is 16.5. The summed E-state index contributed by atoms with van der Waals surface area (Å²) in [5.74, 6) is 3.37. The zero-order chi connectivity index (χ0) is 34.1. The summed E-state index contributed by atoms with van der Waals surface area (Å²) >= 11 is 0. The van der Waals surface area contributed by atoms with Gasteiger partial charge in [-0.15, -0.1) is 6.58 Å².